The summed E-state index contributed by atoms with van der Waals surface area (Å²) in [7, 11) is 1.57. The molecule has 2 heterocycles. The highest BCUT2D eigenvalue weighted by molar-refractivity contribution is 5.93. The van der Waals surface area contributed by atoms with Crippen molar-refractivity contribution in [3.05, 3.63) is 42.1 Å². The summed E-state index contributed by atoms with van der Waals surface area (Å²) in [5.74, 6) is -0.439. The number of carbonyl (C=O) groups excluding carboxylic acids is 1. The minimum atomic E-state index is -1.09. The zero-order valence-electron chi connectivity index (χ0n) is 13.0. The largest absolute Gasteiger partial charge is 0.497 e. The Bertz CT molecular complexity index is 931. The molecule has 0 aliphatic heterocycles. The van der Waals surface area contributed by atoms with E-state index in [0.29, 0.717) is 22.6 Å². The first-order valence-electron chi connectivity index (χ1n) is 7.03. The van der Waals surface area contributed by atoms with Gasteiger partial charge < -0.3 is 9.84 Å². The Kier molecular flexibility index (Phi) is 3.87. The van der Waals surface area contributed by atoms with E-state index in [1.54, 1.807) is 35.9 Å². The van der Waals surface area contributed by atoms with Crippen LogP contribution in [0.4, 0.5) is 5.95 Å². The monoisotopic (exact) mass is 326 g/mol. The number of anilines is 1. The Balaban J connectivity index is 2.21. The van der Waals surface area contributed by atoms with Crippen molar-refractivity contribution < 1.29 is 19.4 Å². The lowest BCUT2D eigenvalue weighted by molar-refractivity contribution is -0.114. The Morgan fingerprint density at radius 2 is 1.96 bits per heavy atom. The molecule has 0 radical (unpaired) electrons. The second-order valence-electron chi connectivity index (χ2n) is 5.02. The van der Waals surface area contributed by atoms with Gasteiger partial charge in [-0.3, -0.25) is 14.7 Å². The van der Waals surface area contributed by atoms with Gasteiger partial charge in [-0.25, -0.2) is 14.8 Å². The fourth-order valence-electron chi connectivity index (χ4n) is 2.30. The molecule has 0 fully saturated rings. The fraction of sp³-hybridized carbons (Fsp3) is 0.125. The molecule has 3 aromatic rings. The van der Waals surface area contributed by atoms with Crippen molar-refractivity contribution in [2.24, 2.45) is 0 Å². The summed E-state index contributed by atoms with van der Waals surface area (Å²) in [6.45, 7) is 1.37. The lowest BCUT2D eigenvalue weighted by Gasteiger charge is -2.09. The van der Waals surface area contributed by atoms with E-state index >= 15 is 0 Å². The molecule has 0 bridgehead atoms. The van der Waals surface area contributed by atoms with Crippen molar-refractivity contribution in [2.75, 3.05) is 12.4 Å². The van der Waals surface area contributed by atoms with Gasteiger partial charge in [-0.1, -0.05) is 0 Å². The van der Waals surface area contributed by atoms with Crippen LogP contribution in [0.2, 0.25) is 0 Å². The molecule has 2 N–H and O–H groups in total. The smallest absolute Gasteiger partial charge is 0.337 e. The molecule has 0 unspecified atom stereocenters. The number of fused-ring (bicyclic) bond motifs is 1. The van der Waals surface area contributed by atoms with Crippen LogP contribution in [-0.4, -0.2) is 38.6 Å². The Labute approximate surface area is 136 Å². The van der Waals surface area contributed by atoms with Gasteiger partial charge in [-0.15, -0.1) is 0 Å². The molecule has 0 aliphatic carbocycles. The van der Waals surface area contributed by atoms with Crippen molar-refractivity contribution in [1.29, 1.82) is 0 Å². The van der Waals surface area contributed by atoms with Gasteiger partial charge in [0.1, 0.15) is 11.3 Å². The second-order valence-corrected chi connectivity index (χ2v) is 5.02. The third-order valence-corrected chi connectivity index (χ3v) is 3.36. The van der Waals surface area contributed by atoms with Crippen LogP contribution >= 0.6 is 0 Å². The van der Waals surface area contributed by atoms with E-state index in [1.807, 2.05) is 0 Å². The molecule has 122 valence electrons. The number of carboxylic acid groups (broad SMARTS) is 1. The SMILES string of the molecule is COc1ccc(-n2c(NC(C)=O)nc3cc(C(=O)O)cnc32)cc1. The van der Waals surface area contributed by atoms with Crippen LogP contribution in [0.5, 0.6) is 5.75 Å². The van der Waals surface area contributed by atoms with E-state index in [-0.39, 0.29) is 17.4 Å². The topological polar surface area (TPSA) is 106 Å². The molecular formula is C16H14N4O4. The molecule has 1 amide bonds. The summed E-state index contributed by atoms with van der Waals surface area (Å²) in [5.41, 5.74) is 1.54. The number of pyridine rings is 1. The number of imidazole rings is 1. The van der Waals surface area contributed by atoms with Gasteiger partial charge in [0.25, 0.3) is 0 Å². The molecule has 2 aromatic heterocycles. The Morgan fingerprint density at radius 1 is 1.25 bits per heavy atom. The third-order valence-electron chi connectivity index (χ3n) is 3.36. The number of nitrogens with zero attached hydrogens (tertiary/aromatic N) is 3. The highest BCUT2D eigenvalue weighted by atomic mass is 16.5. The van der Waals surface area contributed by atoms with Crippen LogP contribution in [0.1, 0.15) is 17.3 Å². The van der Waals surface area contributed by atoms with E-state index in [1.165, 1.54) is 19.2 Å². The second kappa shape index (κ2) is 5.99. The molecule has 0 saturated heterocycles. The first-order valence-corrected chi connectivity index (χ1v) is 7.03. The zero-order chi connectivity index (χ0) is 17.3. The highest BCUT2D eigenvalue weighted by Crippen LogP contribution is 2.25. The number of hydrogen-bond acceptors (Lipinski definition) is 5. The van der Waals surface area contributed by atoms with Crippen LogP contribution < -0.4 is 10.1 Å². The highest BCUT2D eigenvalue weighted by Gasteiger charge is 2.16. The molecule has 24 heavy (non-hydrogen) atoms. The summed E-state index contributed by atoms with van der Waals surface area (Å²) < 4.78 is 6.78. The first kappa shape index (κ1) is 15.5. The van der Waals surface area contributed by atoms with E-state index in [0.717, 1.165) is 0 Å². The number of hydrogen-bond donors (Lipinski definition) is 2. The van der Waals surface area contributed by atoms with Gasteiger partial charge in [0, 0.05) is 13.1 Å². The van der Waals surface area contributed by atoms with Gasteiger partial charge in [0.05, 0.1) is 18.4 Å². The number of methoxy groups -OCH3 is 1. The number of benzene rings is 1. The number of ether oxygens (including phenoxy) is 1. The normalized spacial score (nSPS) is 10.6. The van der Waals surface area contributed by atoms with Crippen molar-refractivity contribution in [2.45, 2.75) is 6.92 Å². The van der Waals surface area contributed by atoms with Gasteiger partial charge in [-0.2, -0.15) is 0 Å². The molecule has 0 saturated carbocycles. The maximum absolute atomic E-state index is 11.5. The summed E-state index contributed by atoms with van der Waals surface area (Å²) >= 11 is 0. The quantitative estimate of drug-likeness (QED) is 0.760. The molecular weight excluding hydrogens is 312 g/mol. The van der Waals surface area contributed by atoms with E-state index in [9.17, 15) is 9.59 Å². The van der Waals surface area contributed by atoms with Crippen LogP contribution in [0, 0.1) is 0 Å². The number of nitrogens with one attached hydrogen (secondary N) is 1. The molecule has 0 spiro atoms. The maximum Gasteiger partial charge on any atom is 0.337 e. The zero-order valence-corrected chi connectivity index (χ0v) is 13.0. The van der Waals surface area contributed by atoms with Crippen molar-refractivity contribution in [1.82, 2.24) is 14.5 Å². The Morgan fingerprint density at radius 3 is 2.54 bits per heavy atom. The predicted molar refractivity (Wildman–Crippen MR) is 86.7 cm³/mol. The molecule has 0 aliphatic rings. The average molecular weight is 326 g/mol. The number of aromatic carboxylic acids is 1. The van der Waals surface area contributed by atoms with E-state index in [4.69, 9.17) is 9.84 Å². The van der Waals surface area contributed by atoms with Gasteiger partial charge in [-0.05, 0) is 30.3 Å². The van der Waals surface area contributed by atoms with Crippen LogP contribution in [0.25, 0.3) is 16.9 Å². The molecule has 8 heteroatoms. The third kappa shape index (κ3) is 2.76. The molecule has 3 rings (SSSR count). The fourth-order valence-corrected chi connectivity index (χ4v) is 2.30. The van der Waals surface area contributed by atoms with Gasteiger partial charge in [0.2, 0.25) is 11.9 Å². The van der Waals surface area contributed by atoms with Crippen molar-refractivity contribution >= 4 is 29.0 Å². The van der Waals surface area contributed by atoms with Crippen LogP contribution in [-0.2, 0) is 4.79 Å². The van der Waals surface area contributed by atoms with E-state index in [2.05, 4.69) is 15.3 Å². The summed E-state index contributed by atoms with van der Waals surface area (Å²) in [6.07, 6.45) is 1.25. The standard InChI is InChI=1S/C16H14N4O4/c1-9(21)18-16-19-13-7-10(15(22)23)8-17-14(13)20(16)11-3-5-12(24-2)6-4-11/h3-8H,1-2H3,(H,22,23)(H,18,19,21). The van der Waals surface area contributed by atoms with Gasteiger partial charge >= 0.3 is 5.97 Å². The minimum Gasteiger partial charge on any atom is -0.497 e. The molecule has 1 aromatic carbocycles. The number of amides is 1. The lowest BCUT2D eigenvalue weighted by atomic mass is 10.2. The number of carbonyl (C=O) groups is 2. The van der Waals surface area contributed by atoms with Crippen molar-refractivity contribution in [3.63, 3.8) is 0 Å². The predicted octanol–water partition coefficient (Wildman–Crippen LogP) is 2.09. The van der Waals surface area contributed by atoms with Crippen molar-refractivity contribution in [3.8, 4) is 11.4 Å². The summed E-state index contributed by atoms with van der Waals surface area (Å²) in [4.78, 5) is 31.0. The molecule has 0 atom stereocenters. The van der Waals surface area contributed by atoms with Gasteiger partial charge in [0.15, 0.2) is 5.65 Å². The average Bonchev–Trinajstić information content (AvgIpc) is 2.90. The maximum atomic E-state index is 11.5. The van der Waals surface area contributed by atoms with Crippen LogP contribution in [0.3, 0.4) is 0 Å². The van der Waals surface area contributed by atoms with Crippen LogP contribution in [0.15, 0.2) is 36.5 Å². The number of rotatable bonds is 4. The summed E-state index contributed by atoms with van der Waals surface area (Å²) in [5, 5.41) is 11.7. The lowest BCUT2D eigenvalue weighted by Crippen LogP contribution is -2.11. The summed E-state index contributed by atoms with van der Waals surface area (Å²) in [6, 6.07) is 8.53. The van der Waals surface area contributed by atoms with E-state index < -0.39 is 5.97 Å². The minimum absolute atomic E-state index is 0.0243. The number of carboxylic acids is 1. The Hall–Kier alpha value is -3.42. The first-order chi connectivity index (χ1) is 11.5. The molecule has 8 nitrogen and oxygen atoms in total. The number of aromatic nitrogens is 3.